The number of carbonyl (C=O) groups excluding carboxylic acids is 1. The van der Waals surface area contributed by atoms with Crippen molar-refractivity contribution in [2.24, 2.45) is 11.7 Å². The number of carbonyl (C=O) groups is 1. The standard InChI is InChI=1S/C17H17F3N2O2S.ClH/c18-17(19,20)24-13-3-1-12(2-4-13)14-5-6-15(25-14)16(23)22-8-7-11(9-21)10-22;/h1-6,11H,7-10,21H2;1H. The molecule has 1 unspecified atom stereocenters. The Kier molecular flexibility index (Phi) is 6.54. The fraction of sp³-hybridized carbons (Fsp3) is 0.353. The van der Waals surface area contributed by atoms with Gasteiger partial charge in [-0.25, -0.2) is 0 Å². The number of rotatable bonds is 4. The van der Waals surface area contributed by atoms with Gasteiger partial charge in [-0.2, -0.15) is 0 Å². The quantitative estimate of drug-likeness (QED) is 0.829. The molecule has 0 aliphatic carbocycles. The van der Waals surface area contributed by atoms with Gasteiger partial charge in [0.25, 0.3) is 5.91 Å². The molecule has 0 bridgehead atoms. The minimum Gasteiger partial charge on any atom is -0.406 e. The molecular formula is C17H18ClF3N2O2S. The van der Waals surface area contributed by atoms with E-state index in [1.807, 2.05) is 0 Å². The summed E-state index contributed by atoms with van der Waals surface area (Å²) in [4.78, 5) is 15.7. The Morgan fingerprint density at radius 2 is 1.92 bits per heavy atom. The molecule has 0 saturated carbocycles. The summed E-state index contributed by atoms with van der Waals surface area (Å²) in [6, 6.07) is 9.15. The Hall–Kier alpha value is -1.77. The number of hydrogen-bond acceptors (Lipinski definition) is 4. The number of alkyl halides is 3. The molecule has 0 radical (unpaired) electrons. The third kappa shape index (κ3) is 4.90. The normalized spacial score (nSPS) is 17.1. The molecule has 1 aliphatic heterocycles. The smallest absolute Gasteiger partial charge is 0.406 e. The van der Waals surface area contributed by atoms with Crippen molar-refractivity contribution in [3.63, 3.8) is 0 Å². The molecule has 2 aromatic rings. The van der Waals surface area contributed by atoms with Crippen molar-refractivity contribution in [3.8, 4) is 16.2 Å². The SMILES string of the molecule is Cl.NCC1CCN(C(=O)c2ccc(-c3ccc(OC(F)(F)F)cc3)s2)C1. The maximum absolute atomic E-state index is 12.5. The number of ether oxygens (including phenoxy) is 1. The fourth-order valence-corrected chi connectivity index (χ4v) is 3.77. The second-order valence-corrected chi connectivity index (χ2v) is 6.96. The van der Waals surface area contributed by atoms with Gasteiger partial charge in [-0.15, -0.1) is 36.9 Å². The highest BCUT2D eigenvalue weighted by Gasteiger charge is 2.31. The number of thiophene rings is 1. The summed E-state index contributed by atoms with van der Waals surface area (Å²) in [7, 11) is 0. The zero-order valence-electron chi connectivity index (χ0n) is 13.7. The van der Waals surface area contributed by atoms with E-state index in [-0.39, 0.29) is 24.1 Å². The average molecular weight is 407 g/mol. The molecular weight excluding hydrogens is 389 g/mol. The van der Waals surface area contributed by atoms with Gasteiger partial charge in [0.1, 0.15) is 5.75 Å². The monoisotopic (exact) mass is 406 g/mol. The van der Waals surface area contributed by atoms with Crippen molar-refractivity contribution < 1.29 is 22.7 Å². The van der Waals surface area contributed by atoms with Crippen molar-refractivity contribution >= 4 is 29.7 Å². The number of nitrogens with zero attached hydrogens (tertiary/aromatic N) is 1. The molecule has 1 aromatic carbocycles. The van der Waals surface area contributed by atoms with Gasteiger partial charge >= 0.3 is 6.36 Å². The lowest BCUT2D eigenvalue weighted by molar-refractivity contribution is -0.274. The lowest BCUT2D eigenvalue weighted by Gasteiger charge is -2.14. The number of halogens is 4. The van der Waals surface area contributed by atoms with Crippen LogP contribution in [-0.2, 0) is 0 Å². The van der Waals surface area contributed by atoms with Crippen LogP contribution < -0.4 is 10.5 Å². The zero-order valence-corrected chi connectivity index (χ0v) is 15.3. The molecule has 9 heteroatoms. The lowest BCUT2D eigenvalue weighted by Crippen LogP contribution is -2.29. The van der Waals surface area contributed by atoms with Crippen molar-refractivity contribution in [1.29, 1.82) is 0 Å². The topological polar surface area (TPSA) is 55.6 Å². The first-order valence-corrected chi connectivity index (χ1v) is 8.63. The van der Waals surface area contributed by atoms with E-state index in [0.717, 1.165) is 16.9 Å². The van der Waals surface area contributed by atoms with Crippen LogP contribution in [0, 0.1) is 5.92 Å². The fourth-order valence-electron chi connectivity index (χ4n) is 2.79. The summed E-state index contributed by atoms with van der Waals surface area (Å²) < 4.78 is 40.4. The van der Waals surface area contributed by atoms with E-state index in [4.69, 9.17) is 5.73 Å². The first-order chi connectivity index (χ1) is 11.9. The van der Waals surface area contributed by atoms with E-state index in [9.17, 15) is 18.0 Å². The number of hydrogen-bond donors (Lipinski definition) is 1. The Morgan fingerprint density at radius 1 is 1.23 bits per heavy atom. The van der Waals surface area contributed by atoms with Gasteiger partial charge in [-0.1, -0.05) is 0 Å². The second kappa shape index (κ2) is 8.28. The van der Waals surface area contributed by atoms with Gasteiger partial charge in [0, 0.05) is 18.0 Å². The average Bonchev–Trinajstić information content (AvgIpc) is 3.23. The van der Waals surface area contributed by atoms with Crippen LogP contribution in [0.4, 0.5) is 13.2 Å². The van der Waals surface area contributed by atoms with Gasteiger partial charge < -0.3 is 15.4 Å². The van der Waals surface area contributed by atoms with Crippen LogP contribution in [0.3, 0.4) is 0 Å². The largest absolute Gasteiger partial charge is 0.573 e. The molecule has 0 spiro atoms. The van der Waals surface area contributed by atoms with E-state index in [1.165, 1.54) is 23.5 Å². The van der Waals surface area contributed by atoms with Crippen LogP contribution in [0.25, 0.3) is 10.4 Å². The Labute approximate surface area is 159 Å². The number of likely N-dealkylation sites (tertiary alicyclic amines) is 1. The van der Waals surface area contributed by atoms with E-state index >= 15 is 0 Å². The summed E-state index contributed by atoms with van der Waals surface area (Å²) >= 11 is 1.32. The van der Waals surface area contributed by atoms with E-state index in [1.54, 1.807) is 29.2 Å². The molecule has 2 heterocycles. The Morgan fingerprint density at radius 3 is 2.50 bits per heavy atom. The third-order valence-corrected chi connectivity index (χ3v) is 5.22. The first kappa shape index (κ1) is 20.5. The number of nitrogens with two attached hydrogens (primary N) is 1. The minimum atomic E-state index is -4.71. The van der Waals surface area contributed by atoms with Crippen molar-refractivity contribution in [3.05, 3.63) is 41.3 Å². The van der Waals surface area contributed by atoms with Gasteiger partial charge in [-0.3, -0.25) is 4.79 Å². The third-order valence-electron chi connectivity index (χ3n) is 4.10. The van der Waals surface area contributed by atoms with Gasteiger partial charge in [0.2, 0.25) is 0 Å². The molecule has 1 amide bonds. The first-order valence-electron chi connectivity index (χ1n) is 7.81. The molecule has 2 N–H and O–H groups in total. The Bertz CT molecular complexity index is 749. The minimum absolute atomic E-state index is 0. The van der Waals surface area contributed by atoms with E-state index in [2.05, 4.69) is 4.74 Å². The molecule has 142 valence electrons. The number of benzene rings is 1. The summed E-state index contributed by atoms with van der Waals surface area (Å²) in [5.74, 6) is 0.0581. The molecule has 3 rings (SSSR count). The lowest BCUT2D eigenvalue weighted by atomic mass is 10.1. The van der Waals surface area contributed by atoms with Gasteiger partial charge in [-0.05, 0) is 60.8 Å². The summed E-state index contributed by atoms with van der Waals surface area (Å²) in [6.07, 6.45) is -3.79. The predicted octanol–water partition coefficient (Wildman–Crippen LogP) is 4.16. The second-order valence-electron chi connectivity index (χ2n) is 5.88. The molecule has 4 nitrogen and oxygen atoms in total. The van der Waals surface area contributed by atoms with Crippen LogP contribution in [0.15, 0.2) is 36.4 Å². The molecule has 1 fully saturated rings. The van der Waals surface area contributed by atoms with Gasteiger partial charge in [0.15, 0.2) is 0 Å². The summed E-state index contributed by atoms with van der Waals surface area (Å²) in [6.45, 7) is 1.95. The number of amides is 1. The van der Waals surface area contributed by atoms with Crippen molar-refractivity contribution in [2.75, 3.05) is 19.6 Å². The highest BCUT2D eigenvalue weighted by molar-refractivity contribution is 7.17. The maximum Gasteiger partial charge on any atom is 0.573 e. The van der Waals surface area contributed by atoms with Crippen LogP contribution in [0.1, 0.15) is 16.1 Å². The molecule has 1 aliphatic rings. The zero-order chi connectivity index (χ0) is 18.0. The van der Waals surface area contributed by atoms with E-state index in [0.29, 0.717) is 30.4 Å². The molecule has 1 aromatic heterocycles. The van der Waals surface area contributed by atoms with Crippen LogP contribution in [0.2, 0.25) is 0 Å². The molecule has 26 heavy (non-hydrogen) atoms. The summed E-state index contributed by atoms with van der Waals surface area (Å²) in [5.41, 5.74) is 6.39. The highest BCUT2D eigenvalue weighted by Crippen LogP contribution is 2.32. The van der Waals surface area contributed by atoms with Gasteiger partial charge in [0.05, 0.1) is 4.88 Å². The van der Waals surface area contributed by atoms with Crippen molar-refractivity contribution in [1.82, 2.24) is 4.90 Å². The predicted molar refractivity (Wildman–Crippen MR) is 96.8 cm³/mol. The van der Waals surface area contributed by atoms with E-state index < -0.39 is 6.36 Å². The molecule has 1 saturated heterocycles. The maximum atomic E-state index is 12.5. The van der Waals surface area contributed by atoms with Crippen molar-refractivity contribution in [2.45, 2.75) is 12.8 Å². The Balaban J connectivity index is 0.00000243. The van der Waals surface area contributed by atoms with Crippen LogP contribution in [-0.4, -0.2) is 36.8 Å². The molecule has 1 atom stereocenters. The summed E-state index contributed by atoms with van der Waals surface area (Å²) in [5, 5.41) is 0. The highest BCUT2D eigenvalue weighted by atomic mass is 35.5. The van der Waals surface area contributed by atoms with Crippen LogP contribution >= 0.6 is 23.7 Å². The van der Waals surface area contributed by atoms with Crippen LogP contribution in [0.5, 0.6) is 5.75 Å².